The smallest absolute Gasteiger partial charge is 0.409 e. The molecular weight excluding hydrogens is 284 g/mol. The number of benzene rings is 2. The van der Waals surface area contributed by atoms with Crippen LogP contribution in [0.2, 0.25) is 0 Å². The molecule has 4 nitrogen and oxygen atoms in total. The molecule has 0 aliphatic rings. The Morgan fingerprint density at radius 3 is 2.52 bits per heavy atom. The third kappa shape index (κ3) is 2.93. The van der Waals surface area contributed by atoms with E-state index in [4.69, 9.17) is 5.11 Å². The minimum atomic E-state index is -1.08. The highest BCUT2D eigenvalue weighted by molar-refractivity contribution is 7.13. The third-order valence-corrected chi connectivity index (χ3v) is 3.85. The first-order valence-corrected chi connectivity index (χ1v) is 7.22. The van der Waals surface area contributed by atoms with Gasteiger partial charge in [0.25, 0.3) is 0 Å². The average Bonchev–Trinajstić information content (AvgIpc) is 2.98. The van der Waals surface area contributed by atoms with E-state index in [-0.39, 0.29) is 0 Å². The number of hydrogen-bond donors (Lipinski definition) is 2. The molecule has 2 aromatic carbocycles. The van der Waals surface area contributed by atoms with Gasteiger partial charge < -0.3 is 5.11 Å². The number of hydrogen-bond acceptors (Lipinski definition) is 3. The molecule has 0 aliphatic carbocycles. The van der Waals surface area contributed by atoms with Gasteiger partial charge in [0.05, 0.1) is 11.4 Å². The van der Waals surface area contributed by atoms with Crippen LogP contribution in [0.4, 0.5) is 10.5 Å². The Kier molecular flexibility index (Phi) is 3.66. The number of carbonyl (C=O) groups is 1. The van der Waals surface area contributed by atoms with Crippen LogP contribution in [-0.4, -0.2) is 16.2 Å². The molecule has 0 radical (unpaired) electrons. The number of carboxylic acid groups (broad SMARTS) is 1. The van der Waals surface area contributed by atoms with Crippen molar-refractivity contribution < 1.29 is 9.90 Å². The summed E-state index contributed by atoms with van der Waals surface area (Å²) in [5.74, 6) is 0. The molecule has 0 atom stereocenters. The van der Waals surface area contributed by atoms with E-state index < -0.39 is 6.09 Å². The first kappa shape index (κ1) is 13.3. The van der Waals surface area contributed by atoms with Crippen molar-refractivity contribution in [2.24, 2.45) is 0 Å². The van der Waals surface area contributed by atoms with Gasteiger partial charge in [-0.1, -0.05) is 42.5 Å². The molecule has 21 heavy (non-hydrogen) atoms. The molecule has 1 heterocycles. The Morgan fingerprint density at radius 2 is 1.76 bits per heavy atom. The SMILES string of the molecule is O=C(O)Nc1ccccc1-c1nc(-c2ccccc2)cs1. The van der Waals surface area contributed by atoms with Gasteiger partial charge >= 0.3 is 6.09 Å². The van der Waals surface area contributed by atoms with Crippen molar-refractivity contribution in [3.05, 3.63) is 60.0 Å². The van der Waals surface area contributed by atoms with Crippen LogP contribution in [0.3, 0.4) is 0 Å². The molecule has 0 unspecified atom stereocenters. The standard InChI is InChI=1S/C16H12N2O2S/c19-16(20)18-13-9-5-4-8-12(13)15-17-14(10-21-15)11-6-2-1-3-7-11/h1-10,18H,(H,19,20). The number of anilines is 1. The minimum absolute atomic E-state index is 0.541. The molecule has 0 saturated heterocycles. The van der Waals surface area contributed by atoms with Gasteiger partial charge in [-0.25, -0.2) is 9.78 Å². The average molecular weight is 296 g/mol. The van der Waals surface area contributed by atoms with Crippen molar-refractivity contribution in [3.63, 3.8) is 0 Å². The molecule has 2 N–H and O–H groups in total. The van der Waals surface area contributed by atoms with Gasteiger partial charge in [-0.2, -0.15) is 0 Å². The number of amides is 1. The van der Waals surface area contributed by atoms with Crippen molar-refractivity contribution >= 4 is 23.1 Å². The monoisotopic (exact) mass is 296 g/mol. The maximum Gasteiger partial charge on any atom is 0.409 e. The molecule has 1 amide bonds. The fourth-order valence-corrected chi connectivity index (χ4v) is 2.90. The molecule has 0 aliphatic heterocycles. The summed E-state index contributed by atoms with van der Waals surface area (Å²) in [4.78, 5) is 15.5. The minimum Gasteiger partial charge on any atom is -0.465 e. The van der Waals surface area contributed by atoms with Gasteiger partial charge in [0, 0.05) is 16.5 Å². The van der Waals surface area contributed by atoms with Crippen LogP contribution in [0.25, 0.3) is 21.8 Å². The number of aromatic nitrogens is 1. The summed E-state index contributed by atoms with van der Waals surface area (Å²) in [7, 11) is 0. The largest absolute Gasteiger partial charge is 0.465 e. The lowest BCUT2D eigenvalue weighted by Crippen LogP contribution is -2.08. The predicted molar refractivity (Wildman–Crippen MR) is 84.6 cm³/mol. The molecule has 0 fully saturated rings. The quantitative estimate of drug-likeness (QED) is 0.744. The third-order valence-electron chi connectivity index (χ3n) is 2.97. The van der Waals surface area contributed by atoms with Gasteiger partial charge in [0.2, 0.25) is 0 Å². The Labute approximate surface area is 125 Å². The van der Waals surface area contributed by atoms with Gasteiger partial charge in [0.15, 0.2) is 0 Å². The first-order chi connectivity index (χ1) is 10.2. The summed E-state index contributed by atoms with van der Waals surface area (Å²) >= 11 is 1.49. The summed E-state index contributed by atoms with van der Waals surface area (Å²) in [6, 6.07) is 17.1. The summed E-state index contributed by atoms with van der Waals surface area (Å²) in [6.45, 7) is 0. The van der Waals surface area contributed by atoms with Crippen LogP contribution >= 0.6 is 11.3 Å². The zero-order chi connectivity index (χ0) is 14.7. The van der Waals surface area contributed by atoms with Crippen LogP contribution in [0, 0.1) is 0 Å². The van der Waals surface area contributed by atoms with E-state index >= 15 is 0 Å². The van der Waals surface area contributed by atoms with Gasteiger partial charge in [-0.3, -0.25) is 5.32 Å². The Hall–Kier alpha value is -2.66. The van der Waals surface area contributed by atoms with E-state index in [2.05, 4.69) is 10.3 Å². The van der Waals surface area contributed by atoms with Crippen LogP contribution in [0.5, 0.6) is 0 Å². The first-order valence-electron chi connectivity index (χ1n) is 6.34. The van der Waals surface area contributed by atoms with Crippen LogP contribution in [0.1, 0.15) is 0 Å². The van der Waals surface area contributed by atoms with Crippen LogP contribution in [0.15, 0.2) is 60.0 Å². The van der Waals surface area contributed by atoms with Crippen LogP contribution in [-0.2, 0) is 0 Å². The highest BCUT2D eigenvalue weighted by Gasteiger charge is 2.11. The highest BCUT2D eigenvalue weighted by Crippen LogP contribution is 2.33. The molecule has 5 heteroatoms. The number of nitrogens with zero attached hydrogens (tertiary/aromatic N) is 1. The molecule has 3 rings (SSSR count). The van der Waals surface area contributed by atoms with E-state index in [1.54, 1.807) is 12.1 Å². The molecular formula is C16H12N2O2S. The van der Waals surface area contributed by atoms with Crippen molar-refractivity contribution in [2.45, 2.75) is 0 Å². The second-order valence-corrected chi connectivity index (χ2v) is 5.24. The predicted octanol–water partition coefficient (Wildman–Crippen LogP) is 4.57. The summed E-state index contributed by atoms with van der Waals surface area (Å²) < 4.78 is 0. The maximum absolute atomic E-state index is 10.9. The van der Waals surface area contributed by atoms with E-state index in [9.17, 15) is 4.79 Å². The number of rotatable bonds is 3. The normalized spacial score (nSPS) is 10.3. The zero-order valence-corrected chi connectivity index (χ0v) is 11.8. The lowest BCUT2D eigenvalue weighted by Gasteiger charge is -2.05. The fraction of sp³-hybridized carbons (Fsp3) is 0. The topological polar surface area (TPSA) is 62.2 Å². The number of nitrogens with one attached hydrogen (secondary N) is 1. The Balaban J connectivity index is 1.99. The van der Waals surface area contributed by atoms with Gasteiger partial charge in [-0.05, 0) is 12.1 Å². The number of thiazole rings is 1. The summed E-state index contributed by atoms with van der Waals surface area (Å²) in [5, 5.41) is 14.1. The Bertz CT molecular complexity index is 769. The molecule has 0 saturated carbocycles. The lowest BCUT2D eigenvalue weighted by atomic mass is 10.1. The molecule has 104 valence electrons. The van der Waals surface area contributed by atoms with E-state index in [1.807, 2.05) is 47.8 Å². The van der Waals surface area contributed by atoms with Crippen LogP contribution < -0.4 is 5.32 Å². The zero-order valence-electron chi connectivity index (χ0n) is 11.0. The molecule has 1 aromatic heterocycles. The van der Waals surface area contributed by atoms with Crippen molar-refractivity contribution in [1.82, 2.24) is 4.98 Å². The molecule has 3 aromatic rings. The van der Waals surface area contributed by atoms with Crippen molar-refractivity contribution in [1.29, 1.82) is 0 Å². The van der Waals surface area contributed by atoms with Gasteiger partial charge in [-0.15, -0.1) is 11.3 Å². The highest BCUT2D eigenvalue weighted by atomic mass is 32.1. The van der Waals surface area contributed by atoms with Crippen molar-refractivity contribution in [2.75, 3.05) is 5.32 Å². The summed E-state index contributed by atoms with van der Waals surface area (Å²) in [5.41, 5.74) is 3.26. The molecule has 0 spiro atoms. The second kappa shape index (κ2) is 5.76. The lowest BCUT2D eigenvalue weighted by molar-refractivity contribution is 0.210. The Morgan fingerprint density at radius 1 is 1.05 bits per heavy atom. The van der Waals surface area contributed by atoms with Crippen molar-refractivity contribution in [3.8, 4) is 21.8 Å². The van der Waals surface area contributed by atoms with E-state index in [1.165, 1.54) is 11.3 Å². The summed E-state index contributed by atoms with van der Waals surface area (Å²) in [6.07, 6.45) is -1.08. The number of para-hydroxylation sites is 1. The van der Waals surface area contributed by atoms with E-state index in [0.29, 0.717) is 5.69 Å². The maximum atomic E-state index is 10.9. The van der Waals surface area contributed by atoms with Gasteiger partial charge in [0.1, 0.15) is 5.01 Å². The second-order valence-electron chi connectivity index (χ2n) is 4.38. The molecule has 0 bridgehead atoms. The fourth-order valence-electron chi connectivity index (χ4n) is 2.03. The van der Waals surface area contributed by atoms with E-state index in [0.717, 1.165) is 21.8 Å².